The number of anilines is 9. The Balaban J connectivity index is 1.32. The van der Waals surface area contributed by atoms with Crippen LogP contribution in [0.15, 0.2) is 158 Å². The van der Waals surface area contributed by atoms with E-state index in [0.717, 1.165) is 51.3 Å². The summed E-state index contributed by atoms with van der Waals surface area (Å²) in [7, 11) is 0. The normalized spacial score (nSPS) is 13.9. The van der Waals surface area contributed by atoms with Crippen LogP contribution in [0.4, 0.5) is 51.2 Å². The van der Waals surface area contributed by atoms with E-state index in [2.05, 4.69) is 184 Å². The average molecular weight is 714 g/mol. The fourth-order valence-electron chi connectivity index (χ4n) is 8.80. The molecule has 0 spiro atoms. The first-order chi connectivity index (χ1) is 26.6. The zero-order chi connectivity index (χ0) is 37.6. The molecule has 0 amide bonds. The van der Waals surface area contributed by atoms with E-state index in [-0.39, 0.29) is 17.5 Å². The van der Waals surface area contributed by atoms with Crippen LogP contribution < -0.4 is 35.8 Å². The third-order valence-electron chi connectivity index (χ3n) is 11.5. The predicted molar refractivity (Wildman–Crippen MR) is 233 cm³/mol. The van der Waals surface area contributed by atoms with Crippen LogP contribution in [0, 0.1) is 0 Å². The lowest BCUT2D eigenvalue weighted by molar-refractivity contribution is 0.483. The van der Waals surface area contributed by atoms with Crippen molar-refractivity contribution in [1.82, 2.24) is 0 Å². The quantitative estimate of drug-likeness (QED) is 0.169. The summed E-state index contributed by atoms with van der Waals surface area (Å²) in [6.07, 6.45) is 0. The second kappa shape index (κ2) is 12.2. The summed E-state index contributed by atoms with van der Waals surface area (Å²) in [4.78, 5) is 7.44. The molecule has 0 aromatic heterocycles. The summed E-state index contributed by atoms with van der Waals surface area (Å²) in [6, 6.07) is 57.5. The molecule has 3 aliphatic heterocycles. The van der Waals surface area contributed by atoms with Crippen LogP contribution in [0.5, 0.6) is 11.5 Å². The van der Waals surface area contributed by atoms with Gasteiger partial charge in [-0.2, -0.15) is 0 Å². The van der Waals surface area contributed by atoms with E-state index in [1.807, 2.05) is 30.3 Å². The molecule has 7 aromatic carbocycles. The topological polar surface area (TPSA) is 19.0 Å². The number of fused-ring (bicyclic) bond motifs is 6. The SMILES string of the molecule is CC(C)(C)c1cccc(N2c3cc(C(C)(C)C)ccc3B3c4cccc5c4N(c4ccccc4N5c4ccccc4)c4cc(Oc5ccccc5)cc2c43)c1. The maximum absolute atomic E-state index is 6.82. The summed E-state index contributed by atoms with van der Waals surface area (Å²) in [5, 5.41) is 0. The van der Waals surface area contributed by atoms with E-state index < -0.39 is 0 Å². The van der Waals surface area contributed by atoms with Crippen molar-refractivity contribution in [3.05, 3.63) is 169 Å². The lowest BCUT2D eigenvalue weighted by Gasteiger charge is -2.48. The first kappa shape index (κ1) is 33.4. The number of para-hydroxylation sites is 5. The van der Waals surface area contributed by atoms with Gasteiger partial charge in [-0.1, -0.05) is 126 Å². The van der Waals surface area contributed by atoms with Gasteiger partial charge in [-0.25, -0.2) is 0 Å². The van der Waals surface area contributed by atoms with Gasteiger partial charge >= 0.3 is 0 Å². The molecule has 0 saturated heterocycles. The molecule has 0 N–H and O–H groups in total. The summed E-state index contributed by atoms with van der Waals surface area (Å²) >= 11 is 0. The molecular formula is C50H44BN3O. The summed E-state index contributed by atoms with van der Waals surface area (Å²) < 4.78 is 6.82. The molecule has 7 aromatic rings. The molecule has 0 bridgehead atoms. The fraction of sp³-hybridized carbons (Fsp3) is 0.160. The molecule has 0 atom stereocenters. The lowest BCUT2D eigenvalue weighted by atomic mass is 9.33. The number of rotatable bonds is 4. The van der Waals surface area contributed by atoms with Crippen molar-refractivity contribution in [3.8, 4) is 11.5 Å². The lowest BCUT2D eigenvalue weighted by Crippen LogP contribution is -2.62. The minimum atomic E-state index is -0.0349. The van der Waals surface area contributed by atoms with E-state index in [9.17, 15) is 0 Å². The number of benzene rings is 7. The molecule has 5 heteroatoms. The summed E-state index contributed by atoms with van der Waals surface area (Å²) in [5.41, 5.74) is 16.9. The first-order valence-electron chi connectivity index (χ1n) is 19.4. The highest BCUT2D eigenvalue weighted by molar-refractivity contribution is 7.00. The number of ether oxygens (including phenoxy) is 1. The van der Waals surface area contributed by atoms with E-state index in [0.29, 0.717) is 0 Å². The van der Waals surface area contributed by atoms with Gasteiger partial charge in [0.2, 0.25) is 0 Å². The van der Waals surface area contributed by atoms with Crippen molar-refractivity contribution < 1.29 is 4.74 Å². The van der Waals surface area contributed by atoms with Crippen LogP contribution in [0.25, 0.3) is 0 Å². The Bertz CT molecular complexity index is 2620. The Morgan fingerprint density at radius 1 is 0.400 bits per heavy atom. The van der Waals surface area contributed by atoms with Crippen molar-refractivity contribution >= 4 is 74.3 Å². The molecule has 0 saturated carbocycles. The van der Waals surface area contributed by atoms with E-state index in [4.69, 9.17) is 4.74 Å². The van der Waals surface area contributed by atoms with Gasteiger partial charge in [0.25, 0.3) is 6.71 Å². The fourth-order valence-corrected chi connectivity index (χ4v) is 8.80. The Kier molecular flexibility index (Phi) is 7.38. The molecular weight excluding hydrogens is 669 g/mol. The minimum Gasteiger partial charge on any atom is -0.457 e. The van der Waals surface area contributed by atoms with Crippen LogP contribution in [0.2, 0.25) is 0 Å². The van der Waals surface area contributed by atoms with E-state index in [1.54, 1.807) is 0 Å². The van der Waals surface area contributed by atoms with Crippen molar-refractivity contribution in [1.29, 1.82) is 0 Å². The van der Waals surface area contributed by atoms with E-state index in [1.165, 1.54) is 38.9 Å². The number of hydrogen-bond donors (Lipinski definition) is 0. The van der Waals surface area contributed by atoms with Crippen molar-refractivity contribution in [2.75, 3.05) is 14.7 Å². The van der Waals surface area contributed by atoms with Gasteiger partial charge in [0.05, 0.1) is 22.7 Å². The van der Waals surface area contributed by atoms with Crippen LogP contribution in [-0.2, 0) is 10.8 Å². The number of hydrogen-bond acceptors (Lipinski definition) is 4. The second-order valence-corrected chi connectivity index (χ2v) is 17.1. The summed E-state index contributed by atoms with van der Waals surface area (Å²) in [5.74, 6) is 1.61. The van der Waals surface area contributed by atoms with Gasteiger partial charge in [-0.15, -0.1) is 0 Å². The molecule has 0 radical (unpaired) electrons. The Labute approximate surface area is 325 Å². The van der Waals surface area contributed by atoms with Crippen molar-refractivity contribution in [2.45, 2.75) is 52.4 Å². The molecule has 0 fully saturated rings. The molecule has 268 valence electrons. The Morgan fingerprint density at radius 3 is 1.67 bits per heavy atom. The largest absolute Gasteiger partial charge is 0.457 e. The van der Waals surface area contributed by atoms with Gasteiger partial charge in [-0.05, 0) is 99.0 Å². The summed E-state index contributed by atoms with van der Waals surface area (Å²) in [6.45, 7) is 13.8. The minimum absolute atomic E-state index is 0.00377. The molecule has 3 heterocycles. The smallest absolute Gasteiger partial charge is 0.252 e. The third-order valence-corrected chi connectivity index (χ3v) is 11.5. The van der Waals surface area contributed by atoms with Gasteiger partial charge in [-0.3, -0.25) is 0 Å². The number of nitrogens with zero attached hydrogens (tertiary/aromatic N) is 3. The Morgan fingerprint density at radius 2 is 0.964 bits per heavy atom. The van der Waals surface area contributed by atoms with Gasteiger partial charge in [0.1, 0.15) is 11.5 Å². The zero-order valence-electron chi connectivity index (χ0n) is 32.3. The molecule has 0 unspecified atom stereocenters. The standard InChI is InChI=1S/C50H44BN3O/c1-49(2,3)33-17-15-20-36(29-33)53-44-30-34(50(4,5)6)27-28-39(44)51-40-23-16-26-43-48(40)54(42-25-14-13-24-41(42)52(43)35-18-9-7-10-19-35)46-32-38(31-45(53)47(46)51)55-37-21-11-8-12-22-37/h7-32H,1-6H3. The highest BCUT2D eigenvalue weighted by atomic mass is 16.5. The monoisotopic (exact) mass is 713 g/mol. The van der Waals surface area contributed by atoms with Gasteiger partial charge < -0.3 is 19.4 Å². The maximum Gasteiger partial charge on any atom is 0.252 e. The predicted octanol–water partition coefficient (Wildman–Crippen LogP) is 11.9. The van der Waals surface area contributed by atoms with Gasteiger partial charge in [0, 0.05) is 40.6 Å². The molecule has 3 aliphatic rings. The molecule has 0 aliphatic carbocycles. The Hall–Kier alpha value is -6.20. The van der Waals surface area contributed by atoms with Gasteiger partial charge in [0.15, 0.2) is 0 Å². The van der Waals surface area contributed by atoms with Crippen molar-refractivity contribution in [3.63, 3.8) is 0 Å². The highest BCUT2D eigenvalue weighted by Crippen LogP contribution is 2.56. The van der Waals surface area contributed by atoms with Crippen LogP contribution in [0.1, 0.15) is 52.7 Å². The van der Waals surface area contributed by atoms with Crippen LogP contribution in [-0.4, -0.2) is 6.71 Å². The zero-order valence-corrected chi connectivity index (χ0v) is 32.3. The third kappa shape index (κ3) is 5.28. The second-order valence-electron chi connectivity index (χ2n) is 17.1. The maximum atomic E-state index is 6.82. The van der Waals surface area contributed by atoms with E-state index >= 15 is 0 Å². The molecule has 10 rings (SSSR count). The molecule has 4 nitrogen and oxygen atoms in total. The van der Waals surface area contributed by atoms with Crippen LogP contribution >= 0.6 is 0 Å². The molecule has 55 heavy (non-hydrogen) atoms. The highest BCUT2D eigenvalue weighted by Gasteiger charge is 2.47. The van der Waals surface area contributed by atoms with Crippen molar-refractivity contribution in [2.24, 2.45) is 0 Å². The average Bonchev–Trinajstić information content (AvgIpc) is 3.18. The first-order valence-corrected chi connectivity index (χ1v) is 19.4. The van der Waals surface area contributed by atoms with Crippen LogP contribution in [0.3, 0.4) is 0 Å².